The molecule has 6 nitrogen and oxygen atoms in total. The summed E-state index contributed by atoms with van der Waals surface area (Å²) in [6.07, 6.45) is -5.36. The summed E-state index contributed by atoms with van der Waals surface area (Å²) in [6, 6.07) is 12.1. The van der Waals surface area contributed by atoms with E-state index in [1.807, 2.05) is 5.32 Å². The van der Waals surface area contributed by atoms with Gasteiger partial charge in [0, 0.05) is 5.69 Å². The fourth-order valence-corrected chi connectivity index (χ4v) is 3.60. The summed E-state index contributed by atoms with van der Waals surface area (Å²) in [5.74, 6) is -1.82. The summed E-state index contributed by atoms with van der Waals surface area (Å²) in [5.41, 5.74) is -3.07. The number of nitrogens with one attached hydrogen (secondary N) is 2. The number of hydrogen-bond donors (Lipinski definition) is 2. The van der Waals surface area contributed by atoms with E-state index in [2.05, 4.69) is 4.74 Å². The van der Waals surface area contributed by atoms with Gasteiger partial charge < -0.3 is 10.1 Å². The summed E-state index contributed by atoms with van der Waals surface area (Å²) >= 11 is 0. The summed E-state index contributed by atoms with van der Waals surface area (Å²) in [4.78, 5) is 11.9. The van der Waals surface area contributed by atoms with E-state index in [9.17, 15) is 26.4 Å². The molecule has 0 saturated heterocycles. The Kier molecular flexibility index (Phi) is 6.35. The Bertz CT molecular complexity index is 916. The second kappa shape index (κ2) is 8.19. The monoisotopic (exact) mass is 416 g/mol. The van der Waals surface area contributed by atoms with Crippen LogP contribution in [0.5, 0.6) is 0 Å². The van der Waals surface area contributed by atoms with Crippen LogP contribution in [0, 0.1) is 6.92 Å². The lowest BCUT2D eigenvalue weighted by atomic mass is 10.1. The van der Waals surface area contributed by atoms with Crippen LogP contribution in [0.25, 0.3) is 0 Å². The van der Waals surface area contributed by atoms with Gasteiger partial charge in [-0.1, -0.05) is 35.9 Å². The molecular weight excluding hydrogens is 397 g/mol. The molecule has 0 bridgehead atoms. The molecule has 152 valence electrons. The molecular formula is C18H19F3N2O4S. The maximum Gasteiger partial charge on any atom is 0.437 e. The molecule has 0 fully saturated rings. The average Bonchev–Trinajstić information content (AvgIpc) is 2.63. The molecule has 0 aliphatic carbocycles. The smallest absolute Gasteiger partial charge is 0.437 e. The molecule has 10 heteroatoms. The highest BCUT2D eigenvalue weighted by Crippen LogP contribution is 2.34. The Labute approximate surface area is 160 Å². The van der Waals surface area contributed by atoms with Crippen molar-refractivity contribution in [1.29, 1.82) is 0 Å². The molecule has 0 saturated carbocycles. The number of halogens is 3. The second-order valence-electron chi connectivity index (χ2n) is 5.88. The standard InChI is InChI=1S/C18H19F3N2O4S/c1-3-27-16(24)17(18(19,20)21,22-14-11-9-13(2)10-12-14)23-28(25,26)15-7-5-4-6-8-15/h4-12,22-23H,3H2,1-2H3. The lowest BCUT2D eigenvalue weighted by Gasteiger charge is -2.35. The third-order valence-electron chi connectivity index (χ3n) is 3.73. The largest absolute Gasteiger partial charge is 0.463 e. The number of sulfonamides is 1. The van der Waals surface area contributed by atoms with Crippen LogP contribution in [0.3, 0.4) is 0 Å². The lowest BCUT2D eigenvalue weighted by Crippen LogP contribution is -2.69. The van der Waals surface area contributed by atoms with Crippen LogP contribution in [0.1, 0.15) is 12.5 Å². The van der Waals surface area contributed by atoms with Gasteiger partial charge in [-0.25, -0.2) is 13.2 Å². The Balaban J connectivity index is 2.58. The number of carbonyl (C=O) groups excluding carboxylic acids is 1. The van der Waals surface area contributed by atoms with Crippen molar-refractivity contribution in [1.82, 2.24) is 4.72 Å². The summed E-state index contributed by atoms with van der Waals surface area (Å²) in [6.45, 7) is 2.67. The quantitative estimate of drug-likeness (QED) is 0.535. The highest BCUT2D eigenvalue weighted by atomic mass is 32.2. The summed E-state index contributed by atoms with van der Waals surface area (Å²) in [7, 11) is -4.73. The Morgan fingerprint density at radius 2 is 1.61 bits per heavy atom. The number of anilines is 1. The zero-order chi connectivity index (χ0) is 21.0. The highest BCUT2D eigenvalue weighted by molar-refractivity contribution is 7.89. The molecule has 1 atom stereocenters. The highest BCUT2D eigenvalue weighted by Gasteiger charge is 2.64. The van der Waals surface area contributed by atoms with E-state index in [1.165, 1.54) is 54.1 Å². The van der Waals surface area contributed by atoms with Gasteiger partial charge in [0.25, 0.3) is 5.66 Å². The topological polar surface area (TPSA) is 84.5 Å². The van der Waals surface area contributed by atoms with Crippen LogP contribution in [0.4, 0.5) is 18.9 Å². The van der Waals surface area contributed by atoms with Crippen molar-refractivity contribution in [3.8, 4) is 0 Å². The van der Waals surface area contributed by atoms with E-state index >= 15 is 0 Å². The van der Waals surface area contributed by atoms with Gasteiger partial charge in [-0.2, -0.15) is 17.9 Å². The van der Waals surface area contributed by atoms with Crippen molar-refractivity contribution in [2.45, 2.75) is 30.6 Å². The van der Waals surface area contributed by atoms with E-state index in [-0.39, 0.29) is 12.3 Å². The zero-order valence-corrected chi connectivity index (χ0v) is 15.9. The van der Waals surface area contributed by atoms with Gasteiger partial charge in [0.1, 0.15) is 0 Å². The molecule has 0 aliphatic rings. The first-order valence-electron chi connectivity index (χ1n) is 8.19. The van der Waals surface area contributed by atoms with Gasteiger partial charge in [-0.05, 0) is 38.1 Å². The van der Waals surface area contributed by atoms with Crippen molar-refractivity contribution in [2.24, 2.45) is 0 Å². The van der Waals surface area contributed by atoms with Gasteiger partial charge in [0.2, 0.25) is 10.0 Å². The third-order valence-corrected chi connectivity index (χ3v) is 5.20. The molecule has 0 radical (unpaired) electrons. The molecule has 0 spiro atoms. The SMILES string of the molecule is CCOC(=O)C(Nc1ccc(C)cc1)(NS(=O)(=O)c1ccccc1)C(F)(F)F. The van der Waals surface area contributed by atoms with E-state index in [4.69, 9.17) is 0 Å². The maximum atomic E-state index is 14.1. The first-order valence-corrected chi connectivity index (χ1v) is 9.68. The number of aryl methyl sites for hydroxylation is 1. The molecule has 0 aliphatic heterocycles. The minimum atomic E-state index is -5.36. The first-order chi connectivity index (χ1) is 13.0. The number of rotatable bonds is 7. The van der Waals surface area contributed by atoms with Crippen molar-refractivity contribution in [2.75, 3.05) is 11.9 Å². The average molecular weight is 416 g/mol. The van der Waals surface area contributed by atoms with Gasteiger partial charge in [-0.15, -0.1) is 0 Å². The van der Waals surface area contributed by atoms with Crippen molar-refractivity contribution in [3.63, 3.8) is 0 Å². The molecule has 0 amide bonds. The number of alkyl halides is 3. The minimum absolute atomic E-state index is 0.119. The van der Waals surface area contributed by atoms with Gasteiger partial charge in [0.05, 0.1) is 11.5 Å². The van der Waals surface area contributed by atoms with Crippen LogP contribution in [-0.4, -0.2) is 32.8 Å². The van der Waals surface area contributed by atoms with Crippen LogP contribution in [0.15, 0.2) is 59.5 Å². The number of esters is 1. The van der Waals surface area contributed by atoms with Gasteiger partial charge in [-0.3, -0.25) is 0 Å². The Morgan fingerprint density at radius 3 is 2.11 bits per heavy atom. The number of carbonyl (C=O) groups is 1. The van der Waals surface area contributed by atoms with Crippen molar-refractivity contribution >= 4 is 21.7 Å². The Morgan fingerprint density at radius 1 is 1.04 bits per heavy atom. The second-order valence-corrected chi connectivity index (χ2v) is 7.56. The van der Waals surface area contributed by atoms with Crippen LogP contribution >= 0.6 is 0 Å². The van der Waals surface area contributed by atoms with Gasteiger partial charge in [0.15, 0.2) is 0 Å². The fourth-order valence-electron chi connectivity index (χ4n) is 2.32. The molecule has 0 heterocycles. The lowest BCUT2D eigenvalue weighted by molar-refractivity contribution is -0.202. The number of benzene rings is 2. The van der Waals surface area contributed by atoms with E-state index < -0.39 is 32.7 Å². The molecule has 2 aromatic rings. The third kappa shape index (κ3) is 4.63. The predicted molar refractivity (Wildman–Crippen MR) is 97.0 cm³/mol. The van der Waals surface area contributed by atoms with E-state index in [1.54, 1.807) is 6.92 Å². The molecule has 1 unspecified atom stereocenters. The van der Waals surface area contributed by atoms with Crippen LogP contribution in [-0.2, 0) is 19.6 Å². The normalized spacial score (nSPS) is 14.2. The molecule has 2 N–H and O–H groups in total. The molecule has 2 aromatic carbocycles. The number of ether oxygens (including phenoxy) is 1. The minimum Gasteiger partial charge on any atom is -0.463 e. The molecule has 0 aromatic heterocycles. The zero-order valence-electron chi connectivity index (χ0n) is 15.1. The molecule has 2 rings (SSSR count). The Hall–Kier alpha value is -2.59. The van der Waals surface area contributed by atoms with E-state index in [0.717, 1.165) is 17.7 Å². The van der Waals surface area contributed by atoms with Crippen LogP contribution in [0.2, 0.25) is 0 Å². The van der Waals surface area contributed by atoms with Gasteiger partial charge >= 0.3 is 12.1 Å². The first kappa shape index (κ1) is 21.7. The van der Waals surface area contributed by atoms with Crippen LogP contribution < -0.4 is 10.0 Å². The maximum absolute atomic E-state index is 14.1. The van der Waals surface area contributed by atoms with Crippen molar-refractivity contribution in [3.05, 3.63) is 60.2 Å². The summed E-state index contributed by atoms with van der Waals surface area (Å²) < 4.78 is 73.4. The fraction of sp³-hybridized carbons (Fsp3) is 0.278. The van der Waals surface area contributed by atoms with Crippen molar-refractivity contribution < 1.29 is 31.1 Å². The molecule has 28 heavy (non-hydrogen) atoms. The van der Waals surface area contributed by atoms with E-state index in [0.29, 0.717) is 0 Å². The summed E-state index contributed by atoms with van der Waals surface area (Å²) in [5, 5.41) is 1.98. The number of hydrogen-bond acceptors (Lipinski definition) is 5. The predicted octanol–water partition coefficient (Wildman–Crippen LogP) is 3.21.